The quantitative estimate of drug-likeness (QED) is 0.818. The van der Waals surface area contributed by atoms with Crippen LogP contribution in [0.5, 0.6) is 5.75 Å². The van der Waals surface area contributed by atoms with Crippen molar-refractivity contribution in [2.75, 3.05) is 0 Å². The third-order valence-corrected chi connectivity index (χ3v) is 3.50. The van der Waals surface area contributed by atoms with Gasteiger partial charge >= 0.3 is 5.97 Å². The lowest BCUT2D eigenvalue weighted by Crippen LogP contribution is -2.03. The average Bonchev–Trinajstić information content (AvgIpc) is 2.43. The number of hydrogen-bond acceptors (Lipinski definition) is 2. The molecule has 0 bridgehead atoms. The van der Waals surface area contributed by atoms with Gasteiger partial charge in [-0.25, -0.2) is 4.79 Å². The number of hydrogen-bond donors (Lipinski definition) is 2. The van der Waals surface area contributed by atoms with Gasteiger partial charge in [-0.3, -0.25) is 0 Å². The molecule has 0 saturated heterocycles. The molecule has 0 atom stereocenters. The second-order valence-corrected chi connectivity index (χ2v) is 4.72. The van der Waals surface area contributed by atoms with Gasteiger partial charge in [-0.1, -0.05) is 32.0 Å². The minimum atomic E-state index is -0.852. The molecule has 0 unspecified atom stereocenters. The van der Waals surface area contributed by atoms with E-state index in [1.54, 1.807) is 12.1 Å². The lowest BCUT2D eigenvalue weighted by molar-refractivity contribution is -0.132. The van der Waals surface area contributed by atoms with Gasteiger partial charge in [0.15, 0.2) is 0 Å². The monoisotopic (exact) mass is 270 g/mol. The predicted molar refractivity (Wildman–Crippen MR) is 80.8 cm³/mol. The molecule has 0 heterocycles. The maximum absolute atomic E-state index is 11.3. The molecule has 0 amide bonds. The smallest absolute Gasteiger partial charge is 0.331 e. The molecule has 0 aliphatic rings. The summed E-state index contributed by atoms with van der Waals surface area (Å²) in [4.78, 5) is 11.3. The Morgan fingerprint density at radius 2 is 1.65 bits per heavy atom. The second-order valence-electron chi connectivity index (χ2n) is 4.72. The lowest BCUT2D eigenvalue weighted by Gasteiger charge is -2.11. The first-order valence-corrected chi connectivity index (χ1v) is 6.75. The highest BCUT2D eigenvalue weighted by Gasteiger charge is 2.13. The van der Waals surface area contributed by atoms with Crippen LogP contribution in [0.1, 0.15) is 32.3 Å². The summed E-state index contributed by atoms with van der Waals surface area (Å²) in [6.45, 7) is 3.83. The molecule has 2 rings (SSSR count). The van der Waals surface area contributed by atoms with Crippen molar-refractivity contribution in [1.82, 2.24) is 0 Å². The fourth-order valence-electron chi connectivity index (χ4n) is 2.51. The maximum Gasteiger partial charge on any atom is 0.331 e. The Kier molecular flexibility index (Phi) is 4.08. The van der Waals surface area contributed by atoms with Crippen LogP contribution >= 0.6 is 0 Å². The van der Waals surface area contributed by atoms with Crippen molar-refractivity contribution in [1.29, 1.82) is 0 Å². The zero-order valence-corrected chi connectivity index (χ0v) is 11.7. The molecule has 0 fully saturated rings. The molecule has 0 saturated carbocycles. The number of carboxylic acid groups (broad SMARTS) is 1. The van der Waals surface area contributed by atoms with Gasteiger partial charge in [0.1, 0.15) is 5.75 Å². The topological polar surface area (TPSA) is 57.5 Å². The van der Waals surface area contributed by atoms with Crippen LogP contribution in [0.3, 0.4) is 0 Å². The van der Waals surface area contributed by atoms with Crippen LogP contribution in [0.15, 0.2) is 42.0 Å². The van der Waals surface area contributed by atoms with Crippen molar-refractivity contribution in [2.24, 2.45) is 0 Å². The number of aromatic hydroxyl groups is 1. The third-order valence-electron chi connectivity index (χ3n) is 3.50. The fraction of sp³-hybridized carbons (Fsp3) is 0.235. The highest BCUT2D eigenvalue weighted by molar-refractivity contribution is 5.97. The van der Waals surface area contributed by atoms with E-state index in [9.17, 15) is 15.0 Å². The van der Waals surface area contributed by atoms with Crippen molar-refractivity contribution in [3.8, 4) is 5.75 Å². The van der Waals surface area contributed by atoms with Crippen LogP contribution in [0.2, 0.25) is 0 Å². The number of phenols is 1. The molecule has 3 nitrogen and oxygen atoms in total. The molecule has 0 aromatic heterocycles. The van der Waals surface area contributed by atoms with Crippen LogP contribution in [0, 0.1) is 0 Å². The Labute approximate surface area is 118 Å². The van der Waals surface area contributed by atoms with Crippen molar-refractivity contribution >= 4 is 22.3 Å². The summed E-state index contributed by atoms with van der Waals surface area (Å²) >= 11 is 0. The highest BCUT2D eigenvalue weighted by Crippen LogP contribution is 2.28. The Morgan fingerprint density at radius 3 is 2.25 bits per heavy atom. The Bertz CT molecular complexity index is 684. The Balaban J connectivity index is 2.61. The molecule has 3 heteroatoms. The molecule has 2 aromatic rings. The van der Waals surface area contributed by atoms with Gasteiger partial charge in [0, 0.05) is 5.57 Å². The van der Waals surface area contributed by atoms with E-state index in [1.807, 2.05) is 38.1 Å². The number of phenolic OH excluding ortho intramolecular Hbond substituents is 1. The molecule has 2 aromatic carbocycles. The predicted octanol–water partition coefficient (Wildman–Crippen LogP) is 4.20. The number of aliphatic carboxylic acids is 1. The largest absolute Gasteiger partial charge is 0.508 e. The van der Waals surface area contributed by atoms with E-state index in [0.29, 0.717) is 18.4 Å². The van der Waals surface area contributed by atoms with E-state index in [2.05, 4.69) is 0 Å². The maximum atomic E-state index is 11.3. The summed E-state index contributed by atoms with van der Waals surface area (Å²) in [5.41, 5.74) is 2.27. The summed E-state index contributed by atoms with van der Waals surface area (Å²) in [7, 11) is 0. The first-order chi connectivity index (χ1) is 9.56. The minimum Gasteiger partial charge on any atom is -0.508 e. The van der Waals surface area contributed by atoms with E-state index in [-0.39, 0.29) is 5.75 Å². The zero-order chi connectivity index (χ0) is 14.7. The molecule has 0 aliphatic heterocycles. The van der Waals surface area contributed by atoms with E-state index in [1.165, 1.54) is 0 Å². The Morgan fingerprint density at radius 1 is 1.00 bits per heavy atom. The average molecular weight is 270 g/mol. The van der Waals surface area contributed by atoms with Gasteiger partial charge in [0.2, 0.25) is 0 Å². The molecule has 0 spiro atoms. The lowest BCUT2D eigenvalue weighted by atomic mass is 9.94. The van der Waals surface area contributed by atoms with Gasteiger partial charge in [-0.2, -0.15) is 0 Å². The zero-order valence-electron chi connectivity index (χ0n) is 11.7. The molecular weight excluding hydrogens is 252 g/mol. The number of fused-ring (bicyclic) bond motifs is 1. The summed E-state index contributed by atoms with van der Waals surface area (Å²) < 4.78 is 0. The molecule has 0 aliphatic carbocycles. The fourth-order valence-corrected chi connectivity index (χ4v) is 2.51. The van der Waals surface area contributed by atoms with E-state index >= 15 is 0 Å². The van der Waals surface area contributed by atoms with E-state index < -0.39 is 5.97 Å². The van der Waals surface area contributed by atoms with Crippen molar-refractivity contribution in [3.05, 3.63) is 47.5 Å². The number of carboxylic acids is 1. The van der Waals surface area contributed by atoms with Crippen LogP contribution < -0.4 is 0 Å². The minimum absolute atomic E-state index is 0.233. The number of carbonyl (C=O) groups is 1. The molecule has 20 heavy (non-hydrogen) atoms. The highest BCUT2D eigenvalue weighted by atomic mass is 16.4. The van der Waals surface area contributed by atoms with Crippen molar-refractivity contribution < 1.29 is 15.0 Å². The first kappa shape index (κ1) is 14.1. The number of benzene rings is 2. The standard InChI is InChI=1S/C17H18O3/c1-3-15(16(4-2)17(19)20)13-6-5-12-10-14(18)8-7-11(12)9-13/h5-10,18H,3-4H2,1-2H3,(H,19,20)/b16-15+. The number of allylic oxidation sites excluding steroid dienone is 1. The van der Waals surface area contributed by atoms with Crippen LogP contribution in [-0.2, 0) is 4.79 Å². The molecule has 0 radical (unpaired) electrons. The molecular formula is C17H18O3. The van der Waals surface area contributed by atoms with Crippen LogP contribution in [0.4, 0.5) is 0 Å². The third kappa shape index (κ3) is 2.67. The van der Waals surface area contributed by atoms with E-state index in [4.69, 9.17) is 0 Å². The molecule has 2 N–H and O–H groups in total. The normalized spacial score (nSPS) is 12.3. The van der Waals surface area contributed by atoms with Gasteiger partial charge in [-0.15, -0.1) is 0 Å². The Hall–Kier alpha value is -2.29. The summed E-state index contributed by atoms with van der Waals surface area (Å²) in [5.74, 6) is -0.619. The number of rotatable bonds is 4. The summed E-state index contributed by atoms with van der Waals surface area (Å²) in [6.07, 6.45) is 1.19. The van der Waals surface area contributed by atoms with Gasteiger partial charge < -0.3 is 10.2 Å². The van der Waals surface area contributed by atoms with Gasteiger partial charge in [0.25, 0.3) is 0 Å². The summed E-state index contributed by atoms with van der Waals surface area (Å²) in [6, 6.07) is 11.0. The van der Waals surface area contributed by atoms with E-state index in [0.717, 1.165) is 21.9 Å². The van der Waals surface area contributed by atoms with Crippen molar-refractivity contribution in [2.45, 2.75) is 26.7 Å². The SMILES string of the molecule is CC/C(C(=O)O)=C(/CC)c1ccc2cc(O)ccc2c1. The van der Waals surface area contributed by atoms with Crippen molar-refractivity contribution in [3.63, 3.8) is 0 Å². The molecule has 104 valence electrons. The van der Waals surface area contributed by atoms with Gasteiger partial charge in [-0.05, 0) is 52.9 Å². The summed E-state index contributed by atoms with van der Waals surface area (Å²) in [5, 5.41) is 20.7. The van der Waals surface area contributed by atoms with Crippen LogP contribution in [-0.4, -0.2) is 16.2 Å². The van der Waals surface area contributed by atoms with Gasteiger partial charge in [0.05, 0.1) is 0 Å². The van der Waals surface area contributed by atoms with Crippen LogP contribution in [0.25, 0.3) is 16.3 Å². The second kappa shape index (κ2) is 5.78. The first-order valence-electron chi connectivity index (χ1n) is 6.75.